The topological polar surface area (TPSA) is 57.7 Å². The molecule has 0 radical (unpaired) electrons. The standard InChI is InChI=1S/C17H14N2O3/c20-12-11-18-15(13-7-3-1-4-8-13)16(21)19(17(18)22)14-9-5-2-6-10-14/h1-10,12,15H,11H2. The highest BCUT2D eigenvalue weighted by Crippen LogP contribution is 2.33. The number of amides is 3. The molecule has 1 fully saturated rings. The minimum atomic E-state index is -0.765. The van der Waals surface area contributed by atoms with Gasteiger partial charge >= 0.3 is 6.03 Å². The third-order valence-electron chi connectivity index (χ3n) is 3.60. The minimum absolute atomic E-state index is 0.118. The lowest BCUT2D eigenvalue weighted by atomic mass is 10.1. The molecule has 3 amide bonds. The van der Waals surface area contributed by atoms with Crippen LogP contribution in [0.3, 0.4) is 0 Å². The smallest absolute Gasteiger partial charge is 0.301 e. The van der Waals surface area contributed by atoms with Crippen LogP contribution in [0.4, 0.5) is 10.5 Å². The molecule has 1 heterocycles. The van der Waals surface area contributed by atoms with Crippen LogP contribution in [0, 0.1) is 0 Å². The molecule has 3 rings (SSSR count). The molecule has 0 aromatic heterocycles. The van der Waals surface area contributed by atoms with Crippen molar-refractivity contribution in [1.29, 1.82) is 0 Å². The van der Waals surface area contributed by atoms with Crippen molar-refractivity contribution in [3.63, 3.8) is 0 Å². The van der Waals surface area contributed by atoms with Gasteiger partial charge in [-0.25, -0.2) is 9.69 Å². The molecule has 0 N–H and O–H groups in total. The summed E-state index contributed by atoms with van der Waals surface area (Å²) in [6.07, 6.45) is 0.635. The number of anilines is 1. The Hall–Kier alpha value is -2.95. The van der Waals surface area contributed by atoms with Crippen LogP contribution in [0.25, 0.3) is 0 Å². The summed E-state index contributed by atoms with van der Waals surface area (Å²) < 4.78 is 0. The Bertz CT molecular complexity index is 700. The van der Waals surface area contributed by atoms with E-state index in [9.17, 15) is 14.4 Å². The number of aldehydes is 1. The van der Waals surface area contributed by atoms with E-state index in [1.54, 1.807) is 48.5 Å². The SMILES string of the molecule is O=CCN1C(=O)N(c2ccccc2)C(=O)C1c1ccccc1. The molecule has 1 unspecified atom stereocenters. The average Bonchev–Trinajstić information content (AvgIpc) is 2.80. The number of para-hydroxylation sites is 1. The van der Waals surface area contributed by atoms with E-state index in [1.165, 1.54) is 4.90 Å². The van der Waals surface area contributed by atoms with Gasteiger partial charge in [-0.05, 0) is 17.7 Å². The van der Waals surface area contributed by atoms with E-state index in [0.29, 0.717) is 17.5 Å². The van der Waals surface area contributed by atoms with Gasteiger partial charge in [-0.3, -0.25) is 4.79 Å². The van der Waals surface area contributed by atoms with Crippen molar-refractivity contribution >= 4 is 23.9 Å². The summed E-state index contributed by atoms with van der Waals surface area (Å²) in [5.74, 6) is -0.343. The molecule has 2 aromatic carbocycles. The highest BCUT2D eigenvalue weighted by molar-refractivity contribution is 6.21. The Morgan fingerprint density at radius 3 is 2.09 bits per heavy atom. The highest BCUT2D eigenvalue weighted by atomic mass is 16.2. The molecule has 110 valence electrons. The van der Waals surface area contributed by atoms with Crippen LogP contribution < -0.4 is 4.90 Å². The van der Waals surface area contributed by atoms with Gasteiger partial charge in [0.2, 0.25) is 0 Å². The number of benzene rings is 2. The normalized spacial score (nSPS) is 17.9. The summed E-state index contributed by atoms with van der Waals surface area (Å²) in [5, 5.41) is 0. The summed E-state index contributed by atoms with van der Waals surface area (Å²) in [7, 11) is 0. The van der Waals surface area contributed by atoms with Crippen molar-refractivity contribution in [2.75, 3.05) is 11.4 Å². The first-order chi connectivity index (χ1) is 10.7. The zero-order chi connectivity index (χ0) is 15.5. The molecule has 0 bridgehead atoms. The second-order valence-electron chi connectivity index (χ2n) is 4.92. The van der Waals surface area contributed by atoms with E-state index in [2.05, 4.69) is 0 Å². The molecule has 2 aromatic rings. The maximum absolute atomic E-state index is 12.7. The highest BCUT2D eigenvalue weighted by Gasteiger charge is 2.46. The molecule has 1 aliphatic heterocycles. The van der Waals surface area contributed by atoms with Crippen molar-refractivity contribution in [2.24, 2.45) is 0 Å². The molecule has 5 heteroatoms. The molecule has 0 spiro atoms. The maximum atomic E-state index is 12.7. The molecular formula is C17H14N2O3. The number of nitrogens with zero attached hydrogens (tertiary/aromatic N) is 2. The van der Waals surface area contributed by atoms with Crippen LogP contribution in [-0.4, -0.2) is 29.7 Å². The predicted molar refractivity (Wildman–Crippen MR) is 81.3 cm³/mol. The van der Waals surface area contributed by atoms with Crippen LogP contribution in [0.15, 0.2) is 60.7 Å². The third kappa shape index (κ3) is 2.26. The van der Waals surface area contributed by atoms with E-state index in [0.717, 1.165) is 4.90 Å². The summed E-state index contributed by atoms with van der Waals surface area (Å²) in [4.78, 5) is 38.6. The van der Waals surface area contributed by atoms with Gasteiger partial charge in [0.25, 0.3) is 5.91 Å². The number of hydrogen-bond acceptors (Lipinski definition) is 3. The Labute approximate surface area is 127 Å². The van der Waals surface area contributed by atoms with Gasteiger partial charge in [0.1, 0.15) is 12.3 Å². The van der Waals surface area contributed by atoms with E-state index < -0.39 is 12.1 Å². The Morgan fingerprint density at radius 2 is 1.50 bits per heavy atom. The average molecular weight is 294 g/mol. The van der Waals surface area contributed by atoms with Gasteiger partial charge in [0, 0.05) is 0 Å². The van der Waals surface area contributed by atoms with Crippen LogP contribution in [-0.2, 0) is 9.59 Å². The molecule has 1 saturated heterocycles. The van der Waals surface area contributed by atoms with Crippen molar-refractivity contribution < 1.29 is 14.4 Å². The van der Waals surface area contributed by atoms with E-state index in [4.69, 9.17) is 0 Å². The molecule has 1 atom stereocenters. The third-order valence-corrected chi connectivity index (χ3v) is 3.60. The minimum Gasteiger partial charge on any atom is -0.301 e. The second-order valence-corrected chi connectivity index (χ2v) is 4.92. The summed E-state index contributed by atoms with van der Waals surface area (Å²) >= 11 is 0. The van der Waals surface area contributed by atoms with Gasteiger partial charge in [0.15, 0.2) is 0 Å². The zero-order valence-electron chi connectivity index (χ0n) is 11.8. The first-order valence-electron chi connectivity index (χ1n) is 6.92. The number of carbonyl (C=O) groups excluding carboxylic acids is 3. The number of rotatable bonds is 4. The summed E-state index contributed by atoms with van der Waals surface area (Å²) in [5.41, 5.74) is 1.20. The number of carbonyl (C=O) groups is 3. The molecule has 22 heavy (non-hydrogen) atoms. The summed E-state index contributed by atoms with van der Waals surface area (Å²) in [6, 6.07) is 16.5. The zero-order valence-corrected chi connectivity index (χ0v) is 11.8. The lowest BCUT2D eigenvalue weighted by Crippen LogP contribution is -2.34. The van der Waals surface area contributed by atoms with E-state index in [-0.39, 0.29) is 12.5 Å². The van der Waals surface area contributed by atoms with Gasteiger partial charge in [0.05, 0.1) is 12.2 Å². The Kier molecular flexibility index (Phi) is 3.70. The molecule has 0 saturated carbocycles. The fourth-order valence-corrected chi connectivity index (χ4v) is 2.63. The van der Waals surface area contributed by atoms with E-state index >= 15 is 0 Å². The maximum Gasteiger partial charge on any atom is 0.332 e. The van der Waals surface area contributed by atoms with Crippen LogP contribution in [0.1, 0.15) is 11.6 Å². The number of imide groups is 1. The van der Waals surface area contributed by atoms with Gasteiger partial charge in [-0.15, -0.1) is 0 Å². The van der Waals surface area contributed by atoms with Crippen LogP contribution in [0.5, 0.6) is 0 Å². The fourth-order valence-electron chi connectivity index (χ4n) is 2.63. The number of hydrogen-bond donors (Lipinski definition) is 0. The van der Waals surface area contributed by atoms with Crippen LogP contribution >= 0.6 is 0 Å². The van der Waals surface area contributed by atoms with Gasteiger partial charge in [-0.2, -0.15) is 0 Å². The first kappa shape index (κ1) is 14.0. The van der Waals surface area contributed by atoms with Gasteiger partial charge in [-0.1, -0.05) is 48.5 Å². The first-order valence-corrected chi connectivity index (χ1v) is 6.92. The Balaban J connectivity index is 2.04. The van der Waals surface area contributed by atoms with Crippen LogP contribution in [0.2, 0.25) is 0 Å². The molecular weight excluding hydrogens is 280 g/mol. The lowest BCUT2D eigenvalue weighted by molar-refractivity contribution is -0.120. The van der Waals surface area contributed by atoms with Crippen molar-refractivity contribution in [2.45, 2.75) is 6.04 Å². The molecule has 1 aliphatic rings. The fraction of sp³-hybridized carbons (Fsp3) is 0.118. The molecule has 5 nitrogen and oxygen atoms in total. The monoisotopic (exact) mass is 294 g/mol. The Morgan fingerprint density at radius 1 is 0.909 bits per heavy atom. The van der Waals surface area contributed by atoms with E-state index in [1.807, 2.05) is 12.1 Å². The summed E-state index contributed by atoms with van der Waals surface area (Å²) in [6.45, 7) is -0.118. The largest absolute Gasteiger partial charge is 0.332 e. The van der Waals surface area contributed by atoms with Gasteiger partial charge < -0.3 is 9.69 Å². The van der Waals surface area contributed by atoms with Crippen molar-refractivity contribution in [3.05, 3.63) is 66.2 Å². The quantitative estimate of drug-likeness (QED) is 0.642. The number of urea groups is 1. The molecule has 0 aliphatic carbocycles. The van der Waals surface area contributed by atoms with Crippen molar-refractivity contribution in [1.82, 2.24) is 4.90 Å². The second kappa shape index (κ2) is 5.81. The lowest BCUT2D eigenvalue weighted by Gasteiger charge is -2.19. The predicted octanol–water partition coefficient (Wildman–Crippen LogP) is 2.40. The van der Waals surface area contributed by atoms with Crippen molar-refractivity contribution in [3.8, 4) is 0 Å².